The normalized spacial score (nSPS) is 10.3. The van der Waals surface area contributed by atoms with Crippen molar-refractivity contribution >= 4 is 39.3 Å². The number of carbonyl (C=O) groups is 1. The maximum atomic E-state index is 12.0. The lowest BCUT2D eigenvalue weighted by Gasteiger charge is -2.07. The highest BCUT2D eigenvalue weighted by molar-refractivity contribution is 9.10. The lowest BCUT2D eigenvalue weighted by atomic mass is 10.2. The molecule has 0 unspecified atom stereocenters. The molecule has 0 aliphatic rings. The van der Waals surface area contributed by atoms with Crippen LogP contribution < -0.4 is 5.32 Å². The summed E-state index contributed by atoms with van der Waals surface area (Å²) in [5.41, 5.74) is 0.907. The highest BCUT2D eigenvalue weighted by atomic mass is 79.9. The van der Waals surface area contributed by atoms with Crippen LogP contribution in [-0.4, -0.2) is 16.0 Å². The number of nitrogens with zero attached hydrogens (tertiary/aromatic N) is 1. The number of halogens is 2. The van der Waals surface area contributed by atoms with E-state index in [-0.39, 0.29) is 11.3 Å². The molecule has 2 rings (SSSR count). The third-order valence-corrected chi connectivity index (χ3v) is 3.54. The number of hydrogen-bond donors (Lipinski definition) is 2. The minimum Gasteiger partial charge on any atom is -0.507 e. The van der Waals surface area contributed by atoms with Crippen molar-refractivity contribution in [2.24, 2.45) is 0 Å². The van der Waals surface area contributed by atoms with Crippen LogP contribution in [0.4, 0.5) is 5.82 Å². The van der Waals surface area contributed by atoms with E-state index in [9.17, 15) is 9.90 Å². The number of nitrogens with one attached hydrogen (secondary N) is 1. The van der Waals surface area contributed by atoms with Gasteiger partial charge < -0.3 is 10.4 Å². The lowest BCUT2D eigenvalue weighted by molar-refractivity contribution is 0.102. The van der Waals surface area contributed by atoms with Crippen molar-refractivity contribution in [2.45, 2.75) is 6.92 Å². The molecule has 6 heteroatoms. The molecule has 0 spiro atoms. The number of phenols is 1. The smallest absolute Gasteiger partial charge is 0.260 e. The Morgan fingerprint density at radius 3 is 2.74 bits per heavy atom. The van der Waals surface area contributed by atoms with Crippen molar-refractivity contribution in [1.29, 1.82) is 0 Å². The minimum absolute atomic E-state index is 0.145. The third-order valence-electron chi connectivity index (χ3n) is 2.47. The van der Waals surface area contributed by atoms with Gasteiger partial charge in [0.1, 0.15) is 11.6 Å². The average molecular weight is 342 g/mol. The van der Waals surface area contributed by atoms with E-state index >= 15 is 0 Å². The molecule has 1 amide bonds. The molecule has 0 fully saturated rings. The molecule has 0 saturated heterocycles. The zero-order valence-corrected chi connectivity index (χ0v) is 12.3. The van der Waals surface area contributed by atoms with E-state index in [1.807, 2.05) is 6.92 Å². The Bertz CT molecular complexity index is 647. The summed E-state index contributed by atoms with van der Waals surface area (Å²) < 4.78 is 0.861. The van der Waals surface area contributed by atoms with Crippen LogP contribution in [0.5, 0.6) is 5.75 Å². The SMILES string of the molecule is Cc1nc(NC(=O)c2ccc(Cl)cc2O)ccc1Br. The average Bonchev–Trinajstić information content (AvgIpc) is 2.33. The Balaban J connectivity index is 2.23. The molecule has 0 saturated carbocycles. The number of anilines is 1. The van der Waals surface area contributed by atoms with Crippen molar-refractivity contribution in [1.82, 2.24) is 4.98 Å². The van der Waals surface area contributed by atoms with Crippen molar-refractivity contribution in [3.63, 3.8) is 0 Å². The summed E-state index contributed by atoms with van der Waals surface area (Å²) in [6, 6.07) is 7.77. The quantitative estimate of drug-likeness (QED) is 0.874. The molecular weight excluding hydrogens is 332 g/mol. The topological polar surface area (TPSA) is 62.2 Å². The number of amides is 1. The molecule has 1 heterocycles. The summed E-state index contributed by atoms with van der Waals surface area (Å²) in [6.07, 6.45) is 0. The first-order valence-electron chi connectivity index (χ1n) is 5.40. The summed E-state index contributed by atoms with van der Waals surface area (Å²) in [5, 5.41) is 12.6. The van der Waals surface area contributed by atoms with Crippen LogP contribution in [0.15, 0.2) is 34.8 Å². The molecule has 0 radical (unpaired) electrons. The van der Waals surface area contributed by atoms with Gasteiger partial charge in [-0.2, -0.15) is 0 Å². The fraction of sp³-hybridized carbons (Fsp3) is 0.0769. The van der Waals surface area contributed by atoms with Crippen molar-refractivity contribution in [2.75, 3.05) is 5.32 Å². The highest BCUT2D eigenvalue weighted by Gasteiger charge is 2.12. The molecule has 19 heavy (non-hydrogen) atoms. The van der Waals surface area contributed by atoms with Gasteiger partial charge in [-0.25, -0.2) is 4.98 Å². The van der Waals surface area contributed by atoms with Crippen molar-refractivity contribution in [3.05, 3.63) is 51.1 Å². The fourth-order valence-electron chi connectivity index (χ4n) is 1.49. The molecule has 0 aliphatic carbocycles. The van der Waals surface area contributed by atoms with Gasteiger partial charge in [0.2, 0.25) is 0 Å². The number of carbonyl (C=O) groups excluding carboxylic acids is 1. The molecule has 2 N–H and O–H groups in total. The Morgan fingerprint density at radius 2 is 2.11 bits per heavy atom. The van der Waals surface area contributed by atoms with E-state index in [0.717, 1.165) is 10.2 Å². The Labute approximate surface area is 123 Å². The molecule has 0 atom stereocenters. The first-order chi connectivity index (χ1) is 8.97. The van der Waals surface area contributed by atoms with Crippen LogP contribution in [0, 0.1) is 6.92 Å². The molecule has 0 aliphatic heterocycles. The molecule has 2 aromatic rings. The van der Waals surface area contributed by atoms with Crippen LogP contribution in [0.3, 0.4) is 0 Å². The van der Waals surface area contributed by atoms with Crippen molar-refractivity contribution < 1.29 is 9.90 Å². The number of pyridine rings is 1. The largest absolute Gasteiger partial charge is 0.507 e. The van der Waals surface area contributed by atoms with E-state index in [2.05, 4.69) is 26.2 Å². The number of phenolic OH excluding ortho intramolecular Hbond substituents is 1. The van der Waals surface area contributed by atoms with Crippen LogP contribution in [-0.2, 0) is 0 Å². The second kappa shape index (κ2) is 5.59. The van der Waals surface area contributed by atoms with E-state index in [1.165, 1.54) is 18.2 Å². The summed E-state index contributed by atoms with van der Waals surface area (Å²) in [7, 11) is 0. The van der Waals surface area contributed by atoms with E-state index < -0.39 is 5.91 Å². The first kappa shape index (κ1) is 13.8. The molecular formula is C13H10BrClN2O2. The number of aryl methyl sites for hydroxylation is 1. The monoisotopic (exact) mass is 340 g/mol. The molecule has 1 aromatic carbocycles. The number of aromatic nitrogens is 1. The maximum absolute atomic E-state index is 12.0. The van der Waals surface area contributed by atoms with Gasteiger partial charge in [0.25, 0.3) is 5.91 Å². The van der Waals surface area contributed by atoms with Crippen LogP contribution in [0.1, 0.15) is 16.1 Å². The van der Waals surface area contributed by atoms with Gasteiger partial charge in [0, 0.05) is 9.50 Å². The Hall–Kier alpha value is -1.59. The zero-order valence-electron chi connectivity index (χ0n) is 9.95. The third kappa shape index (κ3) is 3.24. The summed E-state index contributed by atoms with van der Waals surface area (Å²) in [6.45, 7) is 1.82. The van der Waals surface area contributed by atoms with Crippen LogP contribution in [0.25, 0.3) is 0 Å². The fourth-order valence-corrected chi connectivity index (χ4v) is 1.88. The molecule has 4 nitrogen and oxygen atoms in total. The minimum atomic E-state index is -0.441. The van der Waals surface area contributed by atoms with E-state index in [1.54, 1.807) is 12.1 Å². The second-order valence-electron chi connectivity index (χ2n) is 3.88. The van der Waals surface area contributed by atoms with Gasteiger partial charge in [-0.15, -0.1) is 0 Å². The van der Waals surface area contributed by atoms with Gasteiger partial charge in [-0.1, -0.05) is 11.6 Å². The van der Waals surface area contributed by atoms with Crippen molar-refractivity contribution in [3.8, 4) is 5.75 Å². The van der Waals surface area contributed by atoms with Crippen LogP contribution in [0.2, 0.25) is 5.02 Å². The molecule has 98 valence electrons. The number of aromatic hydroxyl groups is 1. The van der Waals surface area contributed by atoms with Gasteiger partial charge >= 0.3 is 0 Å². The molecule has 0 bridgehead atoms. The summed E-state index contributed by atoms with van der Waals surface area (Å²) in [5.74, 6) is -0.192. The van der Waals surface area contributed by atoms with E-state index in [0.29, 0.717) is 10.8 Å². The standard InChI is InChI=1S/C13H10BrClN2O2/c1-7-10(14)4-5-12(16-7)17-13(19)9-3-2-8(15)6-11(9)18/h2-6,18H,1H3,(H,16,17,19). The predicted molar refractivity (Wildman–Crippen MR) is 77.7 cm³/mol. The zero-order chi connectivity index (χ0) is 14.0. The summed E-state index contributed by atoms with van der Waals surface area (Å²) in [4.78, 5) is 16.2. The van der Waals surface area contributed by atoms with E-state index in [4.69, 9.17) is 11.6 Å². The highest BCUT2D eigenvalue weighted by Crippen LogP contribution is 2.23. The lowest BCUT2D eigenvalue weighted by Crippen LogP contribution is -2.13. The van der Waals surface area contributed by atoms with Gasteiger partial charge in [-0.05, 0) is 53.2 Å². The van der Waals surface area contributed by atoms with Gasteiger partial charge in [-0.3, -0.25) is 4.79 Å². The van der Waals surface area contributed by atoms with Gasteiger partial charge in [0.15, 0.2) is 0 Å². The van der Waals surface area contributed by atoms with Crippen LogP contribution >= 0.6 is 27.5 Å². The predicted octanol–water partition coefficient (Wildman–Crippen LogP) is 3.76. The Morgan fingerprint density at radius 1 is 1.37 bits per heavy atom. The number of hydrogen-bond acceptors (Lipinski definition) is 3. The summed E-state index contributed by atoms with van der Waals surface area (Å²) >= 11 is 9.04. The Kier molecular flexibility index (Phi) is 4.07. The van der Waals surface area contributed by atoms with Gasteiger partial charge in [0.05, 0.1) is 11.3 Å². The molecule has 1 aromatic heterocycles. The number of rotatable bonds is 2. The number of benzene rings is 1. The maximum Gasteiger partial charge on any atom is 0.260 e. The first-order valence-corrected chi connectivity index (χ1v) is 6.57. The second-order valence-corrected chi connectivity index (χ2v) is 5.17.